The van der Waals surface area contributed by atoms with E-state index < -0.39 is 5.82 Å². The highest BCUT2D eigenvalue weighted by Crippen LogP contribution is 2.18. The number of carbonyl (C=O) groups excluding carboxylic acids is 1. The van der Waals surface area contributed by atoms with Gasteiger partial charge in [0.05, 0.1) is 0 Å². The number of rotatable bonds is 4. The van der Waals surface area contributed by atoms with Crippen molar-refractivity contribution in [1.82, 2.24) is 0 Å². The van der Waals surface area contributed by atoms with E-state index in [-0.39, 0.29) is 0 Å². The van der Waals surface area contributed by atoms with Crippen molar-refractivity contribution in [2.24, 2.45) is 0 Å². The van der Waals surface area contributed by atoms with Crippen LogP contribution < -0.4 is 4.90 Å². The van der Waals surface area contributed by atoms with Crippen LogP contribution in [0.5, 0.6) is 0 Å². The van der Waals surface area contributed by atoms with Crippen LogP contribution in [0.1, 0.15) is 10.4 Å². The van der Waals surface area contributed by atoms with E-state index in [2.05, 4.69) is 6.58 Å². The molecule has 0 aliphatic rings. The van der Waals surface area contributed by atoms with Gasteiger partial charge in [-0.05, 0) is 18.2 Å². The summed E-state index contributed by atoms with van der Waals surface area (Å²) in [6, 6.07) is 4.15. The fraction of sp³-hybridized carbons (Fsp3) is 0.182. The Bertz CT molecular complexity index is 349. The van der Waals surface area contributed by atoms with Gasteiger partial charge in [0.25, 0.3) is 0 Å². The molecule has 0 aromatic heterocycles. The molecule has 1 rings (SSSR count). The van der Waals surface area contributed by atoms with Crippen molar-refractivity contribution >= 4 is 12.0 Å². The van der Waals surface area contributed by atoms with Crippen molar-refractivity contribution < 1.29 is 9.18 Å². The van der Waals surface area contributed by atoms with Gasteiger partial charge in [0.2, 0.25) is 0 Å². The number of benzene rings is 1. The zero-order chi connectivity index (χ0) is 10.6. The maximum Gasteiger partial charge on any atom is 0.152 e. The minimum Gasteiger partial charge on any atom is -0.370 e. The normalized spacial score (nSPS) is 9.57. The zero-order valence-electron chi connectivity index (χ0n) is 8.03. The number of hydrogen-bond acceptors (Lipinski definition) is 2. The third-order valence-electron chi connectivity index (χ3n) is 1.93. The largest absolute Gasteiger partial charge is 0.370 e. The average Bonchev–Trinajstić information content (AvgIpc) is 2.17. The SMILES string of the molecule is C=CCN(C)c1ccc(F)cc1C=O. The summed E-state index contributed by atoms with van der Waals surface area (Å²) < 4.78 is 12.8. The summed E-state index contributed by atoms with van der Waals surface area (Å²) in [5, 5.41) is 0. The van der Waals surface area contributed by atoms with Gasteiger partial charge in [0.1, 0.15) is 5.82 Å². The summed E-state index contributed by atoms with van der Waals surface area (Å²) in [6.07, 6.45) is 2.37. The first-order chi connectivity index (χ1) is 6.69. The summed E-state index contributed by atoms with van der Waals surface area (Å²) in [5.74, 6) is -0.400. The quantitative estimate of drug-likeness (QED) is 0.540. The van der Waals surface area contributed by atoms with E-state index in [4.69, 9.17) is 0 Å². The third kappa shape index (κ3) is 2.19. The van der Waals surface area contributed by atoms with Crippen molar-refractivity contribution in [3.8, 4) is 0 Å². The van der Waals surface area contributed by atoms with E-state index in [1.54, 1.807) is 12.1 Å². The minimum atomic E-state index is -0.400. The van der Waals surface area contributed by atoms with Crippen LogP contribution in [0.25, 0.3) is 0 Å². The van der Waals surface area contributed by atoms with Crippen molar-refractivity contribution in [1.29, 1.82) is 0 Å². The van der Waals surface area contributed by atoms with Crippen molar-refractivity contribution in [2.45, 2.75) is 0 Å². The lowest BCUT2D eigenvalue weighted by Gasteiger charge is -2.18. The number of anilines is 1. The van der Waals surface area contributed by atoms with E-state index in [9.17, 15) is 9.18 Å². The Morgan fingerprint density at radius 2 is 2.29 bits per heavy atom. The fourth-order valence-corrected chi connectivity index (χ4v) is 1.26. The highest BCUT2D eigenvalue weighted by Gasteiger charge is 2.06. The second-order valence-corrected chi connectivity index (χ2v) is 2.99. The molecule has 0 bridgehead atoms. The first-order valence-corrected chi connectivity index (χ1v) is 4.25. The minimum absolute atomic E-state index is 0.356. The molecule has 1 aromatic rings. The molecule has 0 saturated heterocycles. The zero-order valence-corrected chi connectivity index (χ0v) is 8.03. The van der Waals surface area contributed by atoms with E-state index in [0.29, 0.717) is 24.1 Å². The van der Waals surface area contributed by atoms with Crippen LogP contribution >= 0.6 is 0 Å². The number of aldehydes is 1. The van der Waals surface area contributed by atoms with Gasteiger partial charge >= 0.3 is 0 Å². The molecular weight excluding hydrogens is 181 g/mol. The molecule has 0 spiro atoms. The van der Waals surface area contributed by atoms with Crippen LogP contribution in [-0.2, 0) is 0 Å². The van der Waals surface area contributed by atoms with Crippen LogP contribution in [0.3, 0.4) is 0 Å². The fourth-order valence-electron chi connectivity index (χ4n) is 1.26. The summed E-state index contributed by atoms with van der Waals surface area (Å²) in [7, 11) is 1.82. The lowest BCUT2D eigenvalue weighted by atomic mass is 10.1. The van der Waals surface area contributed by atoms with E-state index in [1.807, 2.05) is 11.9 Å². The third-order valence-corrected chi connectivity index (χ3v) is 1.93. The Hall–Kier alpha value is -1.64. The summed E-state index contributed by atoms with van der Waals surface area (Å²) >= 11 is 0. The Morgan fingerprint density at radius 1 is 1.57 bits per heavy atom. The predicted molar refractivity (Wildman–Crippen MR) is 55.3 cm³/mol. The Balaban J connectivity index is 3.06. The predicted octanol–water partition coefficient (Wildman–Crippen LogP) is 2.26. The van der Waals surface area contributed by atoms with Gasteiger partial charge < -0.3 is 4.90 Å². The highest BCUT2D eigenvalue weighted by atomic mass is 19.1. The molecule has 2 nitrogen and oxygen atoms in total. The van der Waals surface area contributed by atoms with Crippen molar-refractivity contribution in [3.63, 3.8) is 0 Å². The van der Waals surface area contributed by atoms with Crippen LogP contribution in [0.4, 0.5) is 10.1 Å². The Morgan fingerprint density at radius 3 is 2.86 bits per heavy atom. The number of halogens is 1. The lowest BCUT2D eigenvalue weighted by Crippen LogP contribution is -2.18. The maximum absolute atomic E-state index is 12.8. The average molecular weight is 193 g/mol. The standard InChI is InChI=1S/C11H12FNO/c1-3-6-13(2)11-5-4-10(12)7-9(11)8-14/h3-5,7-8H,1,6H2,2H3. The van der Waals surface area contributed by atoms with Gasteiger partial charge in [0.15, 0.2) is 6.29 Å². The molecule has 0 radical (unpaired) electrons. The van der Waals surface area contributed by atoms with Crippen LogP contribution in [-0.4, -0.2) is 19.9 Å². The van der Waals surface area contributed by atoms with Crippen molar-refractivity contribution in [2.75, 3.05) is 18.5 Å². The Labute approximate surface area is 82.7 Å². The van der Waals surface area contributed by atoms with E-state index in [1.165, 1.54) is 12.1 Å². The van der Waals surface area contributed by atoms with Gasteiger partial charge in [-0.25, -0.2) is 4.39 Å². The molecule has 0 unspecified atom stereocenters. The highest BCUT2D eigenvalue weighted by molar-refractivity contribution is 5.84. The molecule has 0 fully saturated rings. The molecule has 0 N–H and O–H groups in total. The van der Waals surface area contributed by atoms with E-state index >= 15 is 0 Å². The van der Waals surface area contributed by atoms with Crippen LogP contribution in [0, 0.1) is 5.82 Å². The summed E-state index contributed by atoms with van der Waals surface area (Å²) in [6.45, 7) is 4.21. The number of carbonyl (C=O) groups is 1. The van der Waals surface area contributed by atoms with Gasteiger partial charge in [-0.2, -0.15) is 0 Å². The smallest absolute Gasteiger partial charge is 0.152 e. The molecule has 74 valence electrons. The molecule has 3 heteroatoms. The number of hydrogen-bond donors (Lipinski definition) is 0. The van der Waals surface area contributed by atoms with Crippen molar-refractivity contribution in [3.05, 3.63) is 42.2 Å². The molecule has 0 aliphatic carbocycles. The number of nitrogens with zero attached hydrogens (tertiary/aromatic N) is 1. The van der Waals surface area contributed by atoms with Crippen LogP contribution in [0.15, 0.2) is 30.9 Å². The second-order valence-electron chi connectivity index (χ2n) is 2.99. The van der Waals surface area contributed by atoms with Gasteiger partial charge in [-0.1, -0.05) is 6.08 Å². The molecule has 0 aliphatic heterocycles. The molecule has 14 heavy (non-hydrogen) atoms. The summed E-state index contributed by atoms with van der Waals surface area (Å²) in [5.41, 5.74) is 1.07. The number of likely N-dealkylation sites (N-methyl/N-ethyl adjacent to an activating group) is 1. The molecule has 0 heterocycles. The topological polar surface area (TPSA) is 20.3 Å². The van der Waals surface area contributed by atoms with Gasteiger partial charge in [-0.3, -0.25) is 4.79 Å². The van der Waals surface area contributed by atoms with Gasteiger partial charge in [-0.15, -0.1) is 6.58 Å². The monoisotopic (exact) mass is 193 g/mol. The van der Waals surface area contributed by atoms with Gasteiger partial charge in [0, 0.05) is 24.8 Å². The first-order valence-electron chi connectivity index (χ1n) is 4.25. The second kappa shape index (κ2) is 4.56. The summed E-state index contributed by atoms with van der Waals surface area (Å²) in [4.78, 5) is 12.5. The lowest BCUT2D eigenvalue weighted by molar-refractivity contribution is 0.112. The Kier molecular flexibility index (Phi) is 3.40. The molecule has 0 amide bonds. The molecule has 0 saturated carbocycles. The molecular formula is C11H12FNO. The van der Waals surface area contributed by atoms with E-state index in [0.717, 1.165) is 0 Å². The first kappa shape index (κ1) is 10.4. The molecule has 0 atom stereocenters. The molecule has 1 aromatic carbocycles. The van der Waals surface area contributed by atoms with Crippen LogP contribution in [0.2, 0.25) is 0 Å². The maximum atomic E-state index is 12.8.